The molecule has 0 saturated carbocycles. The van der Waals surface area contributed by atoms with Gasteiger partial charge in [-0.25, -0.2) is 4.99 Å². The number of amides is 1. The molecule has 2 heterocycles. The molecule has 0 aromatic heterocycles. The number of thioether (sulfide) groups is 1. The van der Waals surface area contributed by atoms with Crippen molar-refractivity contribution in [3.63, 3.8) is 0 Å². The van der Waals surface area contributed by atoms with Gasteiger partial charge in [0.2, 0.25) is 5.91 Å². The summed E-state index contributed by atoms with van der Waals surface area (Å²) in [4.78, 5) is 18.7. The van der Waals surface area contributed by atoms with Crippen LogP contribution < -0.4 is 0 Å². The van der Waals surface area contributed by atoms with E-state index in [-0.39, 0.29) is 34.2 Å². The van der Waals surface area contributed by atoms with Gasteiger partial charge >= 0.3 is 0 Å². The molecule has 1 fully saturated rings. The number of benzene rings is 1. The van der Waals surface area contributed by atoms with E-state index in [1.54, 1.807) is 11.8 Å². The van der Waals surface area contributed by atoms with Crippen LogP contribution in [-0.4, -0.2) is 21.2 Å². The molecule has 1 amide bonds. The van der Waals surface area contributed by atoms with Crippen molar-refractivity contribution in [3.05, 3.63) is 29.8 Å². The van der Waals surface area contributed by atoms with Crippen LogP contribution in [0.25, 0.3) is 0 Å². The molecule has 1 aromatic carbocycles. The Hall–Kier alpha value is -0.810. The summed E-state index contributed by atoms with van der Waals surface area (Å²) in [6, 6.07) is 8.17. The molecule has 1 saturated heterocycles. The van der Waals surface area contributed by atoms with Crippen LogP contribution in [0.4, 0.5) is 5.69 Å². The first kappa shape index (κ1) is 13.6. The molecule has 2 aliphatic rings. The Labute approximate surface area is 121 Å². The largest absolute Gasteiger partial charge is 0.283 e. The highest BCUT2D eigenvalue weighted by Crippen LogP contribution is 2.42. The van der Waals surface area contributed by atoms with Gasteiger partial charge in [0.05, 0.1) is 17.0 Å². The van der Waals surface area contributed by atoms with Crippen LogP contribution in [0, 0.1) is 0 Å². The van der Waals surface area contributed by atoms with E-state index >= 15 is 0 Å². The summed E-state index contributed by atoms with van der Waals surface area (Å²) in [5, 5.41) is 0.915. The smallest absolute Gasteiger partial charge is 0.242 e. The molecule has 0 aliphatic carbocycles. The predicted octanol–water partition coefficient (Wildman–Crippen LogP) is 3.68. The van der Waals surface area contributed by atoms with Gasteiger partial charge in [-0.2, -0.15) is 0 Å². The zero-order chi connectivity index (χ0) is 12.0. The minimum atomic E-state index is 0. The van der Waals surface area contributed by atoms with Gasteiger partial charge in [-0.1, -0.05) is 36.9 Å². The number of carbonyl (C=O) groups excluding carboxylic acids is 1. The first-order valence-electron chi connectivity index (χ1n) is 5.89. The minimum absolute atomic E-state index is 0. The fourth-order valence-electron chi connectivity index (χ4n) is 2.36. The van der Waals surface area contributed by atoms with Gasteiger partial charge < -0.3 is 0 Å². The number of hydrogen-bond acceptors (Lipinski definition) is 3. The van der Waals surface area contributed by atoms with E-state index in [2.05, 4.69) is 18.0 Å². The molecule has 0 bridgehead atoms. The van der Waals surface area contributed by atoms with Gasteiger partial charge in [0, 0.05) is 5.56 Å². The molecule has 2 unspecified atom stereocenters. The summed E-state index contributed by atoms with van der Waals surface area (Å²) in [5.74, 6) is 0.207. The Kier molecular flexibility index (Phi) is 3.82. The van der Waals surface area contributed by atoms with Crippen LogP contribution in [0.15, 0.2) is 29.3 Å². The van der Waals surface area contributed by atoms with Crippen molar-refractivity contribution in [1.29, 1.82) is 0 Å². The number of para-hydroxylation sites is 1. The number of amidine groups is 1. The topological polar surface area (TPSA) is 32.7 Å². The fourth-order valence-corrected chi connectivity index (χ4v) is 3.51. The van der Waals surface area contributed by atoms with Gasteiger partial charge in [-0.05, 0) is 19.4 Å². The van der Waals surface area contributed by atoms with Gasteiger partial charge in [-0.15, -0.1) is 17.0 Å². The first-order chi connectivity index (χ1) is 8.22. The van der Waals surface area contributed by atoms with E-state index in [9.17, 15) is 4.79 Å². The van der Waals surface area contributed by atoms with Crippen molar-refractivity contribution < 1.29 is 4.79 Å². The second-order valence-electron chi connectivity index (χ2n) is 4.35. The fraction of sp³-hybridized carbons (Fsp3) is 0.385. The van der Waals surface area contributed by atoms with E-state index < -0.39 is 0 Å². The van der Waals surface area contributed by atoms with Crippen molar-refractivity contribution in [2.24, 2.45) is 4.99 Å². The van der Waals surface area contributed by atoms with Crippen LogP contribution in [0.5, 0.6) is 0 Å². The standard InChI is InChI=1S/C13H14N2OS.BrH/c1-3-11-12(16)15-8(2)9-6-4-5-7-10(9)14-13(15)17-11;/h4-8,11H,3H2,1-2H3;1H. The number of carbonyl (C=O) groups is 1. The van der Waals surface area contributed by atoms with E-state index in [0.29, 0.717) is 0 Å². The second-order valence-corrected chi connectivity index (χ2v) is 5.52. The Morgan fingerprint density at radius 1 is 1.39 bits per heavy atom. The number of halogens is 1. The summed E-state index contributed by atoms with van der Waals surface area (Å²) >= 11 is 1.60. The molecule has 0 spiro atoms. The molecule has 18 heavy (non-hydrogen) atoms. The molecule has 2 aliphatic heterocycles. The quantitative estimate of drug-likeness (QED) is 0.788. The predicted molar refractivity (Wildman–Crippen MR) is 80.8 cm³/mol. The normalized spacial score (nSPS) is 25.1. The Morgan fingerprint density at radius 2 is 2.11 bits per heavy atom. The van der Waals surface area contributed by atoms with E-state index in [1.165, 1.54) is 0 Å². The summed E-state index contributed by atoms with van der Waals surface area (Å²) in [7, 11) is 0. The average Bonchev–Trinajstić information content (AvgIpc) is 2.66. The molecule has 1 aromatic rings. The average molecular weight is 327 g/mol. The van der Waals surface area contributed by atoms with Gasteiger partial charge in [0.25, 0.3) is 0 Å². The van der Waals surface area contributed by atoms with Crippen LogP contribution in [0.3, 0.4) is 0 Å². The number of fused-ring (bicyclic) bond motifs is 2. The van der Waals surface area contributed by atoms with Gasteiger partial charge in [0.15, 0.2) is 5.17 Å². The van der Waals surface area contributed by atoms with Crippen LogP contribution >= 0.6 is 28.7 Å². The maximum Gasteiger partial charge on any atom is 0.242 e. The lowest BCUT2D eigenvalue weighted by Gasteiger charge is -2.29. The van der Waals surface area contributed by atoms with E-state index in [4.69, 9.17) is 0 Å². The lowest BCUT2D eigenvalue weighted by Crippen LogP contribution is -2.36. The summed E-state index contributed by atoms with van der Waals surface area (Å²) in [6.07, 6.45) is 0.863. The number of nitrogens with zero attached hydrogens (tertiary/aromatic N) is 2. The first-order valence-corrected chi connectivity index (χ1v) is 6.77. The highest BCUT2D eigenvalue weighted by Gasteiger charge is 2.42. The molecule has 96 valence electrons. The molecule has 0 N–H and O–H groups in total. The molecule has 3 rings (SSSR count). The molecule has 5 heteroatoms. The zero-order valence-corrected chi connectivity index (χ0v) is 12.8. The van der Waals surface area contributed by atoms with E-state index in [1.807, 2.05) is 30.0 Å². The monoisotopic (exact) mass is 326 g/mol. The van der Waals surface area contributed by atoms with Crippen molar-refractivity contribution in [2.45, 2.75) is 31.6 Å². The molecule has 2 atom stereocenters. The third kappa shape index (κ3) is 1.89. The maximum atomic E-state index is 12.2. The summed E-state index contributed by atoms with van der Waals surface area (Å²) in [6.45, 7) is 4.12. The van der Waals surface area contributed by atoms with Crippen molar-refractivity contribution in [3.8, 4) is 0 Å². The molecular weight excluding hydrogens is 312 g/mol. The van der Waals surface area contributed by atoms with Crippen molar-refractivity contribution in [2.75, 3.05) is 0 Å². The number of rotatable bonds is 1. The van der Waals surface area contributed by atoms with Crippen LogP contribution in [0.2, 0.25) is 0 Å². The zero-order valence-electron chi connectivity index (χ0n) is 10.3. The lowest BCUT2D eigenvalue weighted by atomic mass is 10.0. The molecule has 0 radical (unpaired) electrons. The summed E-state index contributed by atoms with van der Waals surface area (Å²) in [5.41, 5.74) is 2.14. The Bertz CT molecular complexity index is 517. The van der Waals surface area contributed by atoms with Crippen LogP contribution in [-0.2, 0) is 4.79 Å². The minimum Gasteiger partial charge on any atom is -0.283 e. The third-order valence-electron chi connectivity index (χ3n) is 3.33. The highest BCUT2D eigenvalue weighted by atomic mass is 79.9. The van der Waals surface area contributed by atoms with E-state index in [0.717, 1.165) is 22.8 Å². The maximum absolute atomic E-state index is 12.2. The van der Waals surface area contributed by atoms with Gasteiger partial charge in [0.1, 0.15) is 0 Å². The van der Waals surface area contributed by atoms with Crippen molar-refractivity contribution in [1.82, 2.24) is 4.90 Å². The summed E-state index contributed by atoms with van der Waals surface area (Å²) < 4.78 is 0. The van der Waals surface area contributed by atoms with Gasteiger partial charge in [-0.3, -0.25) is 9.69 Å². The second kappa shape index (κ2) is 5.05. The Morgan fingerprint density at radius 3 is 2.83 bits per heavy atom. The molecule has 3 nitrogen and oxygen atoms in total. The SMILES string of the molecule is Br.CCC1SC2=Nc3ccccc3C(C)N2C1=O. The number of hydrogen-bond donors (Lipinski definition) is 0. The van der Waals surface area contributed by atoms with Crippen molar-refractivity contribution >= 4 is 45.5 Å². The Balaban J connectivity index is 0.00000120. The lowest BCUT2D eigenvalue weighted by molar-refractivity contribution is -0.127. The molecular formula is C13H15BrN2OS. The highest BCUT2D eigenvalue weighted by molar-refractivity contribution is 8.93. The third-order valence-corrected chi connectivity index (χ3v) is 4.65. The van der Waals surface area contributed by atoms with Crippen LogP contribution in [0.1, 0.15) is 31.9 Å². The number of aliphatic imine (C=N–C) groups is 1.